The number of aryl methyl sites for hydroxylation is 1. The molecule has 1 aliphatic rings. The highest BCUT2D eigenvalue weighted by molar-refractivity contribution is 5.96. The van der Waals surface area contributed by atoms with Crippen LogP contribution in [0.2, 0.25) is 0 Å². The Hall–Kier alpha value is -3.28. The summed E-state index contributed by atoms with van der Waals surface area (Å²) in [5, 5.41) is 0. The molecule has 0 aliphatic carbocycles. The SMILES string of the molecule is COc1ccc(-n2c(C)cc(C(=O)N3CCN(c4ccc(F)cc4)CC3)c2C)cc1. The van der Waals surface area contributed by atoms with Gasteiger partial charge in [0, 0.05) is 48.9 Å². The lowest BCUT2D eigenvalue weighted by atomic mass is 10.2. The topological polar surface area (TPSA) is 37.7 Å². The first-order valence-corrected chi connectivity index (χ1v) is 10.1. The summed E-state index contributed by atoms with van der Waals surface area (Å²) in [4.78, 5) is 17.3. The lowest BCUT2D eigenvalue weighted by molar-refractivity contribution is 0.0746. The molecule has 2 aromatic carbocycles. The number of amides is 1. The molecule has 30 heavy (non-hydrogen) atoms. The fourth-order valence-corrected chi connectivity index (χ4v) is 4.10. The second-order valence-electron chi connectivity index (χ2n) is 7.57. The Morgan fingerprint density at radius 3 is 2.10 bits per heavy atom. The summed E-state index contributed by atoms with van der Waals surface area (Å²) >= 11 is 0. The van der Waals surface area contributed by atoms with Crippen molar-refractivity contribution >= 4 is 11.6 Å². The molecular weight excluding hydrogens is 381 g/mol. The van der Waals surface area contributed by atoms with Crippen molar-refractivity contribution in [1.82, 2.24) is 9.47 Å². The van der Waals surface area contributed by atoms with Gasteiger partial charge in [-0.15, -0.1) is 0 Å². The third kappa shape index (κ3) is 3.77. The molecule has 1 saturated heterocycles. The summed E-state index contributed by atoms with van der Waals surface area (Å²) < 4.78 is 20.5. The molecule has 2 heterocycles. The minimum atomic E-state index is -0.236. The molecule has 0 N–H and O–H groups in total. The molecule has 0 saturated carbocycles. The quantitative estimate of drug-likeness (QED) is 0.650. The summed E-state index contributed by atoms with van der Waals surface area (Å²) in [7, 11) is 1.65. The van der Waals surface area contributed by atoms with Crippen molar-refractivity contribution < 1.29 is 13.9 Å². The first-order valence-electron chi connectivity index (χ1n) is 10.1. The van der Waals surface area contributed by atoms with Gasteiger partial charge in [-0.2, -0.15) is 0 Å². The Kier molecular flexibility index (Phi) is 5.48. The minimum Gasteiger partial charge on any atom is -0.497 e. The van der Waals surface area contributed by atoms with E-state index in [1.807, 2.05) is 49.1 Å². The number of ether oxygens (including phenoxy) is 1. The van der Waals surface area contributed by atoms with Crippen molar-refractivity contribution in [3.05, 3.63) is 77.4 Å². The molecule has 0 unspecified atom stereocenters. The largest absolute Gasteiger partial charge is 0.497 e. The maximum atomic E-state index is 13.2. The number of carbonyl (C=O) groups excluding carboxylic acids is 1. The molecule has 156 valence electrons. The number of benzene rings is 2. The minimum absolute atomic E-state index is 0.0571. The highest BCUT2D eigenvalue weighted by Gasteiger charge is 2.25. The number of piperazine rings is 1. The fraction of sp³-hybridized carbons (Fsp3) is 0.292. The second kappa shape index (κ2) is 8.22. The van der Waals surface area contributed by atoms with E-state index in [0.29, 0.717) is 13.1 Å². The maximum Gasteiger partial charge on any atom is 0.255 e. The molecule has 4 rings (SSSR count). The zero-order chi connectivity index (χ0) is 21.3. The lowest BCUT2D eigenvalue weighted by Crippen LogP contribution is -2.48. The normalized spacial score (nSPS) is 14.1. The molecule has 0 bridgehead atoms. The molecular formula is C24H26FN3O2. The molecule has 5 nitrogen and oxygen atoms in total. The zero-order valence-electron chi connectivity index (χ0n) is 17.6. The van der Waals surface area contributed by atoms with E-state index in [0.717, 1.165) is 47.2 Å². The number of methoxy groups -OCH3 is 1. The van der Waals surface area contributed by atoms with Gasteiger partial charge in [0.05, 0.1) is 12.7 Å². The van der Waals surface area contributed by atoms with Gasteiger partial charge in [0.25, 0.3) is 5.91 Å². The Morgan fingerprint density at radius 2 is 1.50 bits per heavy atom. The molecule has 6 heteroatoms. The van der Waals surface area contributed by atoms with Crippen molar-refractivity contribution in [3.8, 4) is 11.4 Å². The van der Waals surface area contributed by atoms with Crippen LogP contribution in [0.5, 0.6) is 5.75 Å². The number of nitrogens with zero attached hydrogens (tertiary/aromatic N) is 3. The summed E-state index contributed by atoms with van der Waals surface area (Å²) in [6.07, 6.45) is 0. The number of anilines is 1. The number of carbonyl (C=O) groups is 1. The van der Waals surface area contributed by atoms with Gasteiger partial charge in [-0.05, 0) is 68.4 Å². The summed E-state index contributed by atoms with van der Waals surface area (Å²) in [5.74, 6) is 0.623. The maximum absolute atomic E-state index is 13.2. The fourth-order valence-electron chi connectivity index (χ4n) is 4.10. The Morgan fingerprint density at radius 1 is 0.900 bits per heavy atom. The second-order valence-corrected chi connectivity index (χ2v) is 7.57. The van der Waals surface area contributed by atoms with Crippen LogP contribution in [0.4, 0.5) is 10.1 Å². The molecule has 0 atom stereocenters. The van der Waals surface area contributed by atoms with Gasteiger partial charge in [0.2, 0.25) is 0 Å². The van der Waals surface area contributed by atoms with Gasteiger partial charge >= 0.3 is 0 Å². The summed E-state index contributed by atoms with van der Waals surface area (Å²) in [6.45, 7) is 6.74. The van der Waals surface area contributed by atoms with Crippen LogP contribution in [0.1, 0.15) is 21.7 Å². The lowest BCUT2D eigenvalue weighted by Gasteiger charge is -2.36. The average Bonchev–Trinajstić information content (AvgIpc) is 3.08. The standard InChI is InChI=1S/C24H26FN3O2/c1-17-16-23(18(2)28(17)21-8-10-22(30-3)11-9-21)24(29)27-14-12-26(13-15-27)20-6-4-19(25)5-7-20/h4-11,16H,12-15H2,1-3H3. The molecule has 0 radical (unpaired) electrons. The van der Waals surface area contributed by atoms with Crippen molar-refractivity contribution in [2.75, 3.05) is 38.2 Å². The third-order valence-corrected chi connectivity index (χ3v) is 5.75. The van der Waals surface area contributed by atoms with E-state index in [1.54, 1.807) is 19.2 Å². The average molecular weight is 407 g/mol. The van der Waals surface area contributed by atoms with Crippen molar-refractivity contribution in [2.45, 2.75) is 13.8 Å². The number of rotatable bonds is 4. The van der Waals surface area contributed by atoms with Gasteiger partial charge < -0.3 is 19.1 Å². The van der Waals surface area contributed by atoms with E-state index in [-0.39, 0.29) is 11.7 Å². The molecule has 1 aromatic heterocycles. The number of halogens is 1. The van der Waals surface area contributed by atoms with Crippen LogP contribution in [-0.2, 0) is 0 Å². The van der Waals surface area contributed by atoms with Gasteiger partial charge in [-0.3, -0.25) is 4.79 Å². The molecule has 1 fully saturated rings. The zero-order valence-corrected chi connectivity index (χ0v) is 17.6. The van der Waals surface area contributed by atoms with Crippen LogP contribution in [0.25, 0.3) is 5.69 Å². The van der Waals surface area contributed by atoms with Gasteiger partial charge in [-0.25, -0.2) is 4.39 Å². The molecule has 0 spiro atoms. The number of aromatic nitrogens is 1. The Labute approximate surface area is 176 Å². The van der Waals surface area contributed by atoms with Crippen LogP contribution in [0.3, 0.4) is 0 Å². The monoisotopic (exact) mass is 407 g/mol. The highest BCUT2D eigenvalue weighted by Crippen LogP contribution is 2.25. The number of hydrogen-bond donors (Lipinski definition) is 0. The van der Waals surface area contributed by atoms with E-state index >= 15 is 0 Å². The van der Waals surface area contributed by atoms with Gasteiger partial charge in [0.15, 0.2) is 0 Å². The Bertz CT molecular complexity index is 1030. The predicted octanol–water partition coefficient (Wildman–Crippen LogP) is 4.20. The van der Waals surface area contributed by atoms with Crippen molar-refractivity contribution in [3.63, 3.8) is 0 Å². The summed E-state index contributed by atoms with van der Waals surface area (Å²) in [6, 6.07) is 16.3. The number of hydrogen-bond acceptors (Lipinski definition) is 3. The van der Waals surface area contributed by atoms with E-state index in [2.05, 4.69) is 9.47 Å². The molecule has 3 aromatic rings. The van der Waals surface area contributed by atoms with Gasteiger partial charge in [0.1, 0.15) is 11.6 Å². The van der Waals surface area contributed by atoms with Crippen LogP contribution >= 0.6 is 0 Å². The molecule has 1 amide bonds. The Balaban J connectivity index is 1.49. The summed E-state index contributed by atoms with van der Waals surface area (Å²) in [5.41, 5.74) is 4.68. The van der Waals surface area contributed by atoms with E-state index < -0.39 is 0 Å². The molecule has 1 aliphatic heterocycles. The van der Waals surface area contributed by atoms with Gasteiger partial charge in [-0.1, -0.05) is 0 Å². The van der Waals surface area contributed by atoms with Crippen LogP contribution < -0.4 is 9.64 Å². The van der Waals surface area contributed by atoms with E-state index in [9.17, 15) is 9.18 Å². The van der Waals surface area contributed by atoms with Crippen LogP contribution in [0.15, 0.2) is 54.6 Å². The van der Waals surface area contributed by atoms with Crippen LogP contribution in [0, 0.1) is 19.7 Å². The predicted molar refractivity (Wildman–Crippen MR) is 116 cm³/mol. The van der Waals surface area contributed by atoms with Crippen LogP contribution in [-0.4, -0.2) is 48.7 Å². The first-order chi connectivity index (χ1) is 14.5. The smallest absolute Gasteiger partial charge is 0.255 e. The third-order valence-electron chi connectivity index (χ3n) is 5.75. The highest BCUT2D eigenvalue weighted by atomic mass is 19.1. The first kappa shape index (κ1) is 20.0. The van der Waals surface area contributed by atoms with Crippen molar-refractivity contribution in [1.29, 1.82) is 0 Å². The van der Waals surface area contributed by atoms with Crippen molar-refractivity contribution in [2.24, 2.45) is 0 Å². The van der Waals surface area contributed by atoms with E-state index in [4.69, 9.17) is 4.74 Å². The van der Waals surface area contributed by atoms with E-state index in [1.165, 1.54) is 12.1 Å².